The second-order valence-electron chi connectivity index (χ2n) is 7.46. The number of fused-ring (bicyclic) bond motifs is 2. The summed E-state index contributed by atoms with van der Waals surface area (Å²) in [7, 11) is 0. The molecule has 146 valence electrons. The molecule has 5 rings (SSSR count). The maximum atomic E-state index is 10.2. The molecule has 0 saturated heterocycles. The van der Waals surface area contributed by atoms with Gasteiger partial charge in [-0.2, -0.15) is 5.26 Å². The fraction of sp³-hybridized carbons (Fsp3) is 0.333. The fourth-order valence-electron chi connectivity index (χ4n) is 3.91. The maximum Gasteiger partial charge on any atom is 0.184 e. The molecule has 0 amide bonds. The summed E-state index contributed by atoms with van der Waals surface area (Å²) in [6, 6.07) is 10.1. The van der Waals surface area contributed by atoms with Crippen LogP contribution in [-0.2, 0) is 6.42 Å². The third-order valence-corrected chi connectivity index (χ3v) is 6.42. The van der Waals surface area contributed by atoms with Gasteiger partial charge >= 0.3 is 0 Å². The van der Waals surface area contributed by atoms with E-state index in [9.17, 15) is 5.11 Å². The Kier molecular flexibility index (Phi) is 4.62. The van der Waals surface area contributed by atoms with Crippen LogP contribution in [0.4, 0.5) is 5.13 Å². The van der Waals surface area contributed by atoms with Crippen molar-refractivity contribution < 1.29 is 5.11 Å². The van der Waals surface area contributed by atoms with E-state index < -0.39 is 0 Å². The van der Waals surface area contributed by atoms with Gasteiger partial charge in [0.25, 0.3) is 0 Å². The Morgan fingerprint density at radius 2 is 2.14 bits per heavy atom. The number of aliphatic hydroxyl groups excluding tert-OH is 1. The van der Waals surface area contributed by atoms with Crippen molar-refractivity contribution in [2.75, 3.05) is 5.32 Å². The van der Waals surface area contributed by atoms with Crippen molar-refractivity contribution in [2.45, 2.75) is 44.2 Å². The van der Waals surface area contributed by atoms with E-state index in [4.69, 9.17) is 5.26 Å². The number of aromatic nitrogens is 4. The number of imidazole rings is 1. The van der Waals surface area contributed by atoms with Crippen molar-refractivity contribution in [3.63, 3.8) is 0 Å². The van der Waals surface area contributed by atoms with Gasteiger partial charge in [-0.1, -0.05) is 30.2 Å². The highest BCUT2D eigenvalue weighted by molar-refractivity contribution is 7.22. The predicted molar refractivity (Wildman–Crippen MR) is 112 cm³/mol. The number of hydrogen-bond donors (Lipinski definition) is 2. The molecule has 0 aliphatic heterocycles. The van der Waals surface area contributed by atoms with Gasteiger partial charge in [-0.3, -0.25) is 4.40 Å². The molecular formula is C21H20N6OS. The number of rotatable bonds is 4. The van der Waals surface area contributed by atoms with Crippen LogP contribution in [0.5, 0.6) is 0 Å². The molecule has 8 heteroatoms. The molecule has 0 spiro atoms. The summed E-state index contributed by atoms with van der Waals surface area (Å²) in [6.07, 6.45) is 7.98. The molecule has 2 N–H and O–H groups in total. The van der Waals surface area contributed by atoms with Crippen LogP contribution < -0.4 is 5.32 Å². The van der Waals surface area contributed by atoms with Crippen LogP contribution in [0.15, 0.2) is 36.8 Å². The first kappa shape index (κ1) is 18.0. The molecule has 1 fully saturated rings. The van der Waals surface area contributed by atoms with Crippen LogP contribution in [0.1, 0.15) is 42.6 Å². The van der Waals surface area contributed by atoms with E-state index in [-0.39, 0.29) is 12.1 Å². The lowest BCUT2D eigenvalue weighted by Crippen LogP contribution is -2.36. The van der Waals surface area contributed by atoms with Gasteiger partial charge in [-0.15, -0.1) is 0 Å². The average molecular weight is 404 g/mol. The highest BCUT2D eigenvalue weighted by atomic mass is 32.1. The second-order valence-corrected chi connectivity index (χ2v) is 8.49. The van der Waals surface area contributed by atoms with E-state index in [0.29, 0.717) is 12.1 Å². The summed E-state index contributed by atoms with van der Waals surface area (Å²) >= 11 is 1.62. The van der Waals surface area contributed by atoms with Gasteiger partial charge in [-0.25, -0.2) is 15.0 Å². The van der Waals surface area contributed by atoms with E-state index in [2.05, 4.69) is 32.4 Å². The summed E-state index contributed by atoms with van der Waals surface area (Å²) in [5.41, 5.74) is 4.23. The average Bonchev–Trinajstić information content (AvgIpc) is 3.32. The Hall–Kier alpha value is -3.02. The van der Waals surface area contributed by atoms with E-state index in [0.717, 1.165) is 57.9 Å². The Bertz CT molecular complexity index is 1220. The topological polar surface area (TPSA) is 99.1 Å². The number of thiazole rings is 1. The molecule has 1 aliphatic rings. The van der Waals surface area contributed by atoms with Crippen LogP contribution in [0.3, 0.4) is 0 Å². The predicted octanol–water partition coefficient (Wildman–Crippen LogP) is 3.52. The molecule has 1 aromatic carbocycles. The van der Waals surface area contributed by atoms with Crippen molar-refractivity contribution in [3.05, 3.63) is 53.7 Å². The highest BCUT2D eigenvalue weighted by Crippen LogP contribution is 2.30. The van der Waals surface area contributed by atoms with Crippen LogP contribution in [0.25, 0.3) is 15.9 Å². The van der Waals surface area contributed by atoms with Gasteiger partial charge in [0.05, 0.1) is 22.4 Å². The van der Waals surface area contributed by atoms with Gasteiger partial charge in [0.1, 0.15) is 23.7 Å². The number of benzene rings is 1. The van der Waals surface area contributed by atoms with Gasteiger partial charge in [0, 0.05) is 24.4 Å². The summed E-state index contributed by atoms with van der Waals surface area (Å²) in [4.78, 5) is 13.2. The van der Waals surface area contributed by atoms with Crippen molar-refractivity contribution in [3.8, 4) is 6.07 Å². The van der Waals surface area contributed by atoms with Crippen molar-refractivity contribution >= 4 is 32.3 Å². The normalized spacial score (nSPS) is 19.4. The number of nitrogens with zero attached hydrogens (tertiary/aromatic N) is 5. The molecular weight excluding hydrogens is 384 g/mol. The minimum atomic E-state index is -0.295. The standard InChI is InChI=1S/C21H20N6OS/c22-10-14-9-20-23-11-15(27(20)12-24-14)7-13-5-6-17-19(8-13)29-21(26-17)25-16-3-1-2-4-18(16)28/h5-6,8-9,11-12,16,18,28H,1-4,7H2,(H,25,26)/t16-,18-/m1/s1. The lowest BCUT2D eigenvalue weighted by molar-refractivity contribution is 0.116. The molecule has 1 aliphatic carbocycles. The Labute approximate surface area is 171 Å². The SMILES string of the molecule is N#Cc1cc2ncc(Cc3ccc4nc(N[C@@H]5CCCC[C@H]5O)sc4c3)n2cn1. The first-order valence-electron chi connectivity index (χ1n) is 9.76. The second kappa shape index (κ2) is 7.43. The molecule has 0 unspecified atom stereocenters. The fourth-order valence-corrected chi connectivity index (χ4v) is 4.90. The molecule has 2 atom stereocenters. The molecule has 3 aromatic heterocycles. The zero-order chi connectivity index (χ0) is 19.8. The van der Waals surface area contributed by atoms with Crippen LogP contribution >= 0.6 is 11.3 Å². The summed E-state index contributed by atoms with van der Waals surface area (Å²) in [5, 5.41) is 23.5. The molecule has 4 aromatic rings. The molecule has 29 heavy (non-hydrogen) atoms. The quantitative estimate of drug-likeness (QED) is 0.540. The third-order valence-electron chi connectivity index (χ3n) is 5.47. The van der Waals surface area contributed by atoms with E-state index in [1.54, 1.807) is 23.7 Å². The lowest BCUT2D eigenvalue weighted by Gasteiger charge is -2.27. The van der Waals surface area contributed by atoms with E-state index >= 15 is 0 Å². The monoisotopic (exact) mass is 404 g/mol. The summed E-state index contributed by atoms with van der Waals surface area (Å²) in [5.74, 6) is 0. The minimum Gasteiger partial charge on any atom is -0.391 e. The molecule has 3 heterocycles. The van der Waals surface area contributed by atoms with Crippen LogP contribution in [-0.4, -0.2) is 36.6 Å². The number of nitrogens with one attached hydrogen (secondary N) is 1. The van der Waals surface area contributed by atoms with E-state index in [1.807, 2.05) is 22.7 Å². The first-order valence-corrected chi connectivity index (χ1v) is 10.6. The third kappa shape index (κ3) is 3.55. The Balaban J connectivity index is 1.38. The van der Waals surface area contributed by atoms with Crippen LogP contribution in [0.2, 0.25) is 0 Å². The molecule has 1 saturated carbocycles. The highest BCUT2D eigenvalue weighted by Gasteiger charge is 2.23. The summed E-state index contributed by atoms with van der Waals surface area (Å²) < 4.78 is 3.03. The van der Waals surface area contributed by atoms with Gasteiger partial charge in [0.15, 0.2) is 5.13 Å². The van der Waals surface area contributed by atoms with Gasteiger partial charge in [0.2, 0.25) is 0 Å². The Morgan fingerprint density at radius 3 is 3.00 bits per heavy atom. The van der Waals surface area contributed by atoms with Crippen molar-refractivity contribution in [1.82, 2.24) is 19.4 Å². The largest absolute Gasteiger partial charge is 0.391 e. The van der Waals surface area contributed by atoms with Crippen molar-refractivity contribution in [2.24, 2.45) is 0 Å². The minimum absolute atomic E-state index is 0.0905. The number of nitriles is 1. The van der Waals surface area contributed by atoms with E-state index in [1.165, 1.54) is 0 Å². The van der Waals surface area contributed by atoms with Gasteiger partial charge in [-0.05, 0) is 30.5 Å². The number of anilines is 1. The smallest absolute Gasteiger partial charge is 0.184 e. The zero-order valence-corrected chi connectivity index (χ0v) is 16.6. The molecule has 0 bridgehead atoms. The molecule has 7 nitrogen and oxygen atoms in total. The maximum absolute atomic E-state index is 10.2. The van der Waals surface area contributed by atoms with Crippen LogP contribution in [0, 0.1) is 11.3 Å². The number of aliphatic hydroxyl groups is 1. The first-order chi connectivity index (χ1) is 14.2. The summed E-state index contributed by atoms with van der Waals surface area (Å²) in [6.45, 7) is 0. The Morgan fingerprint density at radius 1 is 1.24 bits per heavy atom. The van der Waals surface area contributed by atoms with Gasteiger partial charge < -0.3 is 10.4 Å². The number of hydrogen-bond acceptors (Lipinski definition) is 7. The zero-order valence-electron chi connectivity index (χ0n) is 15.7. The lowest BCUT2D eigenvalue weighted by atomic mass is 9.93. The molecule has 0 radical (unpaired) electrons. The van der Waals surface area contributed by atoms with Crippen molar-refractivity contribution in [1.29, 1.82) is 5.26 Å².